The van der Waals surface area contributed by atoms with Crippen molar-refractivity contribution in [2.24, 2.45) is 0 Å². The molecule has 0 aromatic heterocycles. The molecule has 2 fully saturated rings. The van der Waals surface area contributed by atoms with Gasteiger partial charge in [-0.2, -0.15) is 0 Å². The molecular weight excluding hydrogens is 170 g/mol. The number of hydrogen-bond acceptors (Lipinski definition) is 4. The van der Waals surface area contributed by atoms with E-state index in [1.54, 1.807) is 0 Å². The van der Waals surface area contributed by atoms with Crippen LogP contribution in [0.25, 0.3) is 0 Å². The third-order valence-corrected chi connectivity index (χ3v) is 2.49. The van der Waals surface area contributed by atoms with Gasteiger partial charge in [0.05, 0.1) is 6.54 Å². The second-order valence-electron chi connectivity index (χ2n) is 3.73. The monoisotopic (exact) mass is 183 g/mol. The maximum atomic E-state index is 11.3. The summed E-state index contributed by atoms with van der Waals surface area (Å²) in [6.45, 7) is 2.40. The molecule has 2 rings (SSSR count). The van der Waals surface area contributed by atoms with Crippen molar-refractivity contribution < 1.29 is 14.3 Å². The van der Waals surface area contributed by atoms with Crippen LogP contribution >= 0.6 is 0 Å². The van der Waals surface area contributed by atoms with Crippen molar-refractivity contribution >= 4 is 11.8 Å². The van der Waals surface area contributed by atoms with Crippen LogP contribution in [0.15, 0.2) is 0 Å². The number of esters is 1. The summed E-state index contributed by atoms with van der Waals surface area (Å²) in [7, 11) is 0. The first kappa shape index (κ1) is 8.69. The first-order valence-electron chi connectivity index (χ1n) is 4.61. The van der Waals surface area contributed by atoms with Crippen LogP contribution in [-0.4, -0.2) is 41.9 Å². The fraction of sp³-hybridized carbons (Fsp3) is 0.778. The predicted molar refractivity (Wildman–Crippen MR) is 45.2 cm³/mol. The summed E-state index contributed by atoms with van der Waals surface area (Å²) in [5, 5.41) is 0. The Hall–Kier alpha value is -0.900. The molecule has 72 valence electrons. The Labute approximate surface area is 76.8 Å². The lowest BCUT2D eigenvalue weighted by molar-refractivity contribution is -0.150. The van der Waals surface area contributed by atoms with Crippen LogP contribution in [0.1, 0.15) is 19.8 Å². The lowest BCUT2D eigenvalue weighted by Crippen LogP contribution is -2.26. The van der Waals surface area contributed by atoms with Crippen LogP contribution in [0.5, 0.6) is 0 Å². The van der Waals surface area contributed by atoms with E-state index in [0.29, 0.717) is 19.1 Å². The highest BCUT2D eigenvalue weighted by Crippen LogP contribution is 2.29. The van der Waals surface area contributed by atoms with Crippen molar-refractivity contribution in [3.63, 3.8) is 0 Å². The molecule has 0 spiro atoms. The zero-order chi connectivity index (χ0) is 9.42. The van der Waals surface area contributed by atoms with Gasteiger partial charge in [-0.1, -0.05) is 0 Å². The van der Waals surface area contributed by atoms with E-state index in [-0.39, 0.29) is 11.8 Å². The third kappa shape index (κ3) is 1.88. The Balaban J connectivity index is 1.90. The van der Waals surface area contributed by atoms with Gasteiger partial charge in [-0.25, -0.2) is 0 Å². The van der Waals surface area contributed by atoms with Gasteiger partial charge in [0.15, 0.2) is 11.9 Å². The van der Waals surface area contributed by atoms with E-state index >= 15 is 0 Å². The average molecular weight is 183 g/mol. The topological polar surface area (TPSA) is 46.6 Å². The van der Waals surface area contributed by atoms with Crippen molar-refractivity contribution in [3.8, 4) is 0 Å². The second kappa shape index (κ2) is 3.10. The molecule has 1 aliphatic carbocycles. The molecule has 2 aliphatic rings. The number of rotatable bonds is 2. The molecule has 0 aromatic carbocycles. The van der Waals surface area contributed by atoms with E-state index in [4.69, 9.17) is 4.74 Å². The van der Waals surface area contributed by atoms with Crippen molar-refractivity contribution in [1.82, 2.24) is 4.90 Å². The average Bonchev–Trinajstić information content (AvgIpc) is 2.79. The normalized spacial score (nSPS) is 29.3. The van der Waals surface area contributed by atoms with Crippen molar-refractivity contribution in [2.75, 3.05) is 13.1 Å². The minimum atomic E-state index is -0.502. The molecule has 0 N–H and O–H groups in total. The Kier molecular flexibility index (Phi) is 2.07. The largest absolute Gasteiger partial charge is 0.453 e. The molecule has 1 aliphatic heterocycles. The van der Waals surface area contributed by atoms with Crippen LogP contribution in [0.3, 0.4) is 0 Å². The van der Waals surface area contributed by atoms with Crippen LogP contribution in [0.4, 0.5) is 0 Å². The molecule has 0 aromatic rings. The van der Waals surface area contributed by atoms with Crippen LogP contribution in [0, 0.1) is 0 Å². The smallest absolute Gasteiger partial charge is 0.303 e. The SMILES string of the molecule is CC(=O)OC1CN(C2CC2)CC1=O. The summed E-state index contributed by atoms with van der Waals surface area (Å²) in [5.41, 5.74) is 0. The van der Waals surface area contributed by atoms with Crippen molar-refractivity contribution in [2.45, 2.75) is 31.9 Å². The molecule has 1 atom stereocenters. The van der Waals surface area contributed by atoms with Gasteiger partial charge in [-0.05, 0) is 12.8 Å². The highest BCUT2D eigenvalue weighted by Gasteiger charge is 2.40. The van der Waals surface area contributed by atoms with Gasteiger partial charge in [0.25, 0.3) is 0 Å². The molecule has 0 amide bonds. The summed E-state index contributed by atoms with van der Waals surface area (Å²) >= 11 is 0. The van der Waals surface area contributed by atoms with Crippen LogP contribution < -0.4 is 0 Å². The predicted octanol–water partition coefficient (Wildman–Crippen LogP) is -0.0348. The summed E-state index contributed by atoms with van der Waals surface area (Å²) in [4.78, 5) is 24.1. The summed E-state index contributed by atoms with van der Waals surface area (Å²) in [6, 6.07) is 0.574. The number of likely N-dealkylation sites (tertiary alicyclic amines) is 1. The number of ether oxygens (including phenoxy) is 1. The lowest BCUT2D eigenvalue weighted by atomic mass is 10.3. The lowest BCUT2D eigenvalue weighted by Gasteiger charge is -2.12. The highest BCUT2D eigenvalue weighted by atomic mass is 16.5. The zero-order valence-corrected chi connectivity index (χ0v) is 7.66. The molecule has 4 heteroatoms. The van der Waals surface area contributed by atoms with Gasteiger partial charge in [0, 0.05) is 19.5 Å². The first-order valence-corrected chi connectivity index (χ1v) is 4.61. The molecule has 0 radical (unpaired) electrons. The van der Waals surface area contributed by atoms with Gasteiger partial charge in [0.1, 0.15) is 0 Å². The summed E-state index contributed by atoms with van der Waals surface area (Å²) in [5.74, 6) is -0.321. The van der Waals surface area contributed by atoms with E-state index < -0.39 is 6.10 Å². The third-order valence-electron chi connectivity index (χ3n) is 2.49. The minimum Gasteiger partial charge on any atom is -0.453 e. The Bertz CT molecular complexity index is 247. The van der Waals surface area contributed by atoms with Crippen molar-refractivity contribution in [3.05, 3.63) is 0 Å². The zero-order valence-electron chi connectivity index (χ0n) is 7.66. The van der Waals surface area contributed by atoms with E-state index in [1.165, 1.54) is 19.8 Å². The van der Waals surface area contributed by atoms with Gasteiger partial charge in [-0.3, -0.25) is 14.5 Å². The van der Waals surface area contributed by atoms with Crippen LogP contribution in [-0.2, 0) is 14.3 Å². The van der Waals surface area contributed by atoms with Gasteiger partial charge >= 0.3 is 5.97 Å². The van der Waals surface area contributed by atoms with Gasteiger partial charge in [-0.15, -0.1) is 0 Å². The number of carbonyl (C=O) groups is 2. The Morgan fingerprint density at radius 1 is 1.54 bits per heavy atom. The molecule has 13 heavy (non-hydrogen) atoms. The molecule has 1 heterocycles. The van der Waals surface area contributed by atoms with Gasteiger partial charge < -0.3 is 4.74 Å². The molecular formula is C9H13NO3. The molecule has 0 bridgehead atoms. The number of ketones is 1. The Morgan fingerprint density at radius 3 is 2.77 bits per heavy atom. The second-order valence-corrected chi connectivity index (χ2v) is 3.73. The molecule has 1 saturated heterocycles. The number of carbonyl (C=O) groups excluding carboxylic acids is 2. The minimum absolute atomic E-state index is 0.0436. The van der Waals surface area contributed by atoms with E-state index in [1.807, 2.05) is 0 Å². The highest BCUT2D eigenvalue weighted by molar-refractivity contribution is 5.89. The fourth-order valence-electron chi connectivity index (χ4n) is 1.70. The van der Waals surface area contributed by atoms with Gasteiger partial charge in [0.2, 0.25) is 0 Å². The molecule has 1 saturated carbocycles. The Morgan fingerprint density at radius 2 is 2.23 bits per heavy atom. The maximum absolute atomic E-state index is 11.3. The van der Waals surface area contributed by atoms with E-state index in [9.17, 15) is 9.59 Å². The van der Waals surface area contributed by atoms with Crippen molar-refractivity contribution in [1.29, 1.82) is 0 Å². The quantitative estimate of drug-likeness (QED) is 0.564. The molecule has 4 nitrogen and oxygen atoms in total. The number of Topliss-reactive ketones (excluding diaryl/α,β-unsaturated/α-hetero) is 1. The summed E-state index contributed by atoms with van der Waals surface area (Å²) in [6.07, 6.45) is 1.86. The summed E-state index contributed by atoms with van der Waals surface area (Å²) < 4.78 is 4.90. The van der Waals surface area contributed by atoms with E-state index in [0.717, 1.165) is 0 Å². The number of nitrogens with zero attached hydrogens (tertiary/aromatic N) is 1. The fourth-order valence-corrected chi connectivity index (χ4v) is 1.70. The van der Waals surface area contributed by atoms with Crippen LogP contribution in [0.2, 0.25) is 0 Å². The molecule has 1 unspecified atom stereocenters. The standard InChI is InChI=1S/C9H13NO3/c1-6(11)13-9-5-10(4-8(9)12)7-2-3-7/h7,9H,2-5H2,1H3. The van der Waals surface area contributed by atoms with E-state index in [2.05, 4.69) is 4.90 Å². The number of hydrogen-bond donors (Lipinski definition) is 0. The first-order chi connectivity index (χ1) is 6.16. The maximum Gasteiger partial charge on any atom is 0.303 e.